The second kappa shape index (κ2) is 9.29. The molecule has 1 amide bonds. The highest BCUT2D eigenvalue weighted by atomic mass is 32.2. The number of rotatable bonds is 7. The molecule has 1 aromatic carbocycles. The Kier molecular flexibility index (Phi) is 7.34. The number of esters is 1. The summed E-state index contributed by atoms with van der Waals surface area (Å²) in [5.41, 5.74) is 0.419. The van der Waals surface area contributed by atoms with Crippen LogP contribution in [0.3, 0.4) is 0 Å². The third kappa shape index (κ3) is 6.02. The van der Waals surface area contributed by atoms with E-state index in [0.717, 1.165) is 6.42 Å². The van der Waals surface area contributed by atoms with Gasteiger partial charge in [-0.15, -0.1) is 0 Å². The van der Waals surface area contributed by atoms with Gasteiger partial charge >= 0.3 is 5.97 Å². The van der Waals surface area contributed by atoms with Crippen LogP contribution in [-0.4, -0.2) is 58.0 Å². The van der Waals surface area contributed by atoms with Crippen LogP contribution >= 0.6 is 0 Å². The molecule has 1 saturated heterocycles. The van der Waals surface area contributed by atoms with Crippen molar-refractivity contribution in [3.63, 3.8) is 0 Å². The van der Waals surface area contributed by atoms with Crippen molar-refractivity contribution in [2.45, 2.75) is 25.2 Å². The van der Waals surface area contributed by atoms with Crippen molar-refractivity contribution in [1.82, 2.24) is 4.31 Å². The molecule has 1 aromatic rings. The quantitative estimate of drug-likeness (QED) is 0.698. The van der Waals surface area contributed by atoms with E-state index in [-0.39, 0.29) is 11.5 Å². The summed E-state index contributed by atoms with van der Waals surface area (Å²) in [6.07, 6.45) is 1.02. The van der Waals surface area contributed by atoms with Crippen LogP contribution in [0, 0.1) is 11.8 Å². The number of carbonyl (C=O) groups is 2. The summed E-state index contributed by atoms with van der Waals surface area (Å²) < 4.78 is 36.5. The van der Waals surface area contributed by atoms with Crippen LogP contribution < -0.4 is 5.32 Å². The van der Waals surface area contributed by atoms with Crippen LogP contribution in [0.1, 0.15) is 20.3 Å². The van der Waals surface area contributed by atoms with Crippen molar-refractivity contribution in [3.8, 4) is 0 Å². The number of methoxy groups -OCH3 is 1. The molecule has 0 aromatic heterocycles. The van der Waals surface area contributed by atoms with Crippen LogP contribution in [0.4, 0.5) is 5.69 Å². The number of carbonyl (C=O) groups excluding carboxylic acids is 2. The van der Waals surface area contributed by atoms with Crippen molar-refractivity contribution in [2.75, 3.05) is 38.7 Å². The standard InChI is InChI=1S/C18H26N2O6S/c1-13-8-14(2)10-20(9-13)27(23,24)16-6-4-15(5-7-16)19-17(21)11-26-18(22)12-25-3/h4-7,13-14H,8-12H2,1-3H3,(H,19,21)/t13-,14-/m1/s1. The van der Waals surface area contributed by atoms with Gasteiger partial charge in [0.15, 0.2) is 6.61 Å². The first-order valence-electron chi connectivity index (χ1n) is 8.77. The molecule has 2 rings (SSSR count). The molecular weight excluding hydrogens is 372 g/mol. The third-order valence-corrected chi connectivity index (χ3v) is 6.08. The molecule has 27 heavy (non-hydrogen) atoms. The third-order valence-electron chi connectivity index (χ3n) is 4.24. The first-order chi connectivity index (χ1) is 12.7. The number of anilines is 1. The molecule has 0 unspecified atom stereocenters. The Hall–Kier alpha value is -1.97. The molecule has 0 bridgehead atoms. The van der Waals surface area contributed by atoms with E-state index in [4.69, 9.17) is 4.74 Å². The van der Waals surface area contributed by atoms with Crippen LogP contribution in [-0.2, 0) is 29.1 Å². The highest BCUT2D eigenvalue weighted by Gasteiger charge is 2.31. The number of benzene rings is 1. The van der Waals surface area contributed by atoms with E-state index in [9.17, 15) is 18.0 Å². The molecule has 150 valence electrons. The Morgan fingerprint density at radius 3 is 2.26 bits per heavy atom. The fraction of sp³-hybridized carbons (Fsp3) is 0.556. The van der Waals surface area contributed by atoms with Gasteiger partial charge in [0.2, 0.25) is 10.0 Å². The molecule has 0 radical (unpaired) electrons. The second-order valence-corrected chi connectivity index (χ2v) is 8.87. The van der Waals surface area contributed by atoms with Gasteiger partial charge in [-0.3, -0.25) is 4.79 Å². The average molecular weight is 398 g/mol. The van der Waals surface area contributed by atoms with E-state index in [1.54, 1.807) is 0 Å². The van der Waals surface area contributed by atoms with E-state index in [0.29, 0.717) is 30.6 Å². The molecule has 1 aliphatic rings. The molecule has 1 heterocycles. The van der Waals surface area contributed by atoms with Crippen molar-refractivity contribution >= 4 is 27.6 Å². The monoisotopic (exact) mass is 398 g/mol. The molecule has 1 N–H and O–H groups in total. The maximum absolute atomic E-state index is 12.8. The van der Waals surface area contributed by atoms with E-state index in [2.05, 4.69) is 23.9 Å². The van der Waals surface area contributed by atoms with Crippen LogP contribution in [0.25, 0.3) is 0 Å². The number of sulfonamides is 1. The maximum atomic E-state index is 12.8. The first kappa shape index (κ1) is 21.3. The van der Waals surface area contributed by atoms with Crippen LogP contribution in [0.5, 0.6) is 0 Å². The highest BCUT2D eigenvalue weighted by Crippen LogP contribution is 2.27. The summed E-state index contributed by atoms with van der Waals surface area (Å²) >= 11 is 0. The molecule has 0 aliphatic carbocycles. The SMILES string of the molecule is COCC(=O)OCC(=O)Nc1ccc(S(=O)(=O)N2C[C@H](C)C[C@@H](C)C2)cc1. The fourth-order valence-corrected chi connectivity index (χ4v) is 4.84. The second-order valence-electron chi connectivity index (χ2n) is 6.93. The Labute approximate surface area is 159 Å². The molecule has 2 atom stereocenters. The van der Waals surface area contributed by atoms with Gasteiger partial charge in [0.1, 0.15) is 6.61 Å². The van der Waals surface area contributed by atoms with E-state index in [1.165, 1.54) is 35.7 Å². The lowest BCUT2D eigenvalue weighted by Gasteiger charge is -2.34. The molecular formula is C18H26N2O6S. The predicted octanol–water partition coefficient (Wildman–Crippen LogP) is 1.48. The normalized spacial score (nSPS) is 20.9. The summed E-state index contributed by atoms with van der Waals surface area (Å²) in [4.78, 5) is 23.1. The predicted molar refractivity (Wildman–Crippen MR) is 99.6 cm³/mol. The van der Waals surface area contributed by atoms with Crippen molar-refractivity contribution in [2.24, 2.45) is 11.8 Å². The first-order valence-corrected chi connectivity index (χ1v) is 10.2. The van der Waals surface area contributed by atoms with Gasteiger partial charge in [-0.25, -0.2) is 13.2 Å². The number of hydrogen-bond donors (Lipinski definition) is 1. The zero-order chi connectivity index (χ0) is 20.0. The highest BCUT2D eigenvalue weighted by molar-refractivity contribution is 7.89. The average Bonchev–Trinajstić information content (AvgIpc) is 2.60. The van der Waals surface area contributed by atoms with Crippen molar-refractivity contribution in [1.29, 1.82) is 0 Å². The Bertz CT molecular complexity index is 753. The smallest absolute Gasteiger partial charge is 0.332 e. The summed E-state index contributed by atoms with van der Waals surface area (Å²) in [5, 5.41) is 2.55. The minimum Gasteiger partial charge on any atom is -0.454 e. The minimum absolute atomic E-state index is 0.188. The minimum atomic E-state index is -3.56. The lowest BCUT2D eigenvalue weighted by atomic mass is 9.94. The molecule has 0 saturated carbocycles. The van der Waals surface area contributed by atoms with E-state index in [1.807, 2.05) is 0 Å². The van der Waals surface area contributed by atoms with Gasteiger partial charge in [-0.2, -0.15) is 4.31 Å². The molecule has 9 heteroatoms. The largest absolute Gasteiger partial charge is 0.454 e. The van der Waals surface area contributed by atoms with Gasteiger partial charge in [0, 0.05) is 25.9 Å². The summed E-state index contributed by atoms with van der Waals surface area (Å²) in [7, 11) is -2.21. The molecule has 1 fully saturated rings. The van der Waals surface area contributed by atoms with Gasteiger partial charge in [0.25, 0.3) is 5.91 Å². The van der Waals surface area contributed by atoms with E-state index < -0.39 is 28.5 Å². The topological polar surface area (TPSA) is 102 Å². The Balaban J connectivity index is 1.97. The Morgan fingerprint density at radius 2 is 1.70 bits per heavy atom. The summed E-state index contributed by atoms with van der Waals surface area (Å²) in [6, 6.07) is 5.95. The Morgan fingerprint density at radius 1 is 1.11 bits per heavy atom. The number of nitrogens with one attached hydrogen (secondary N) is 1. The zero-order valence-corrected chi connectivity index (χ0v) is 16.6. The number of hydrogen-bond acceptors (Lipinski definition) is 6. The zero-order valence-electron chi connectivity index (χ0n) is 15.8. The maximum Gasteiger partial charge on any atom is 0.332 e. The van der Waals surface area contributed by atoms with Crippen molar-refractivity contribution < 1.29 is 27.5 Å². The van der Waals surface area contributed by atoms with Gasteiger partial charge in [-0.1, -0.05) is 13.8 Å². The summed E-state index contributed by atoms with van der Waals surface area (Å²) in [5.74, 6) is -0.515. The number of amides is 1. The summed E-state index contributed by atoms with van der Waals surface area (Å²) in [6.45, 7) is 4.46. The number of nitrogens with zero attached hydrogens (tertiary/aromatic N) is 1. The number of ether oxygens (including phenoxy) is 2. The van der Waals surface area contributed by atoms with Crippen molar-refractivity contribution in [3.05, 3.63) is 24.3 Å². The van der Waals surface area contributed by atoms with Gasteiger partial charge < -0.3 is 14.8 Å². The van der Waals surface area contributed by atoms with Crippen LogP contribution in [0.2, 0.25) is 0 Å². The van der Waals surface area contributed by atoms with Gasteiger partial charge in [0.05, 0.1) is 4.90 Å². The van der Waals surface area contributed by atoms with Gasteiger partial charge in [-0.05, 0) is 42.5 Å². The lowest BCUT2D eigenvalue weighted by molar-refractivity contribution is -0.150. The number of piperidine rings is 1. The lowest BCUT2D eigenvalue weighted by Crippen LogP contribution is -2.42. The van der Waals surface area contributed by atoms with E-state index >= 15 is 0 Å². The molecule has 0 spiro atoms. The molecule has 8 nitrogen and oxygen atoms in total. The van der Waals surface area contributed by atoms with Crippen LogP contribution in [0.15, 0.2) is 29.2 Å². The molecule has 1 aliphatic heterocycles. The fourth-order valence-electron chi connectivity index (χ4n) is 3.16.